The number of benzene rings is 2. The SMILES string of the molecule is O=C(Nc1cnc(-c2ccccc2)nc1)c1n[nH]c(=O)c2ccccc12. The lowest BCUT2D eigenvalue weighted by atomic mass is 10.1. The van der Waals surface area contributed by atoms with Gasteiger partial charge in [-0.05, 0) is 6.07 Å². The van der Waals surface area contributed by atoms with Crippen molar-refractivity contribution in [3.63, 3.8) is 0 Å². The highest BCUT2D eigenvalue weighted by molar-refractivity contribution is 6.10. The van der Waals surface area contributed by atoms with Gasteiger partial charge in [0.15, 0.2) is 11.5 Å². The summed E-state index contributed by atoms with van der Waals surface area (Å²) in [6, 6.07) is 16.3. The van der Waals surface area contributed by atoms with E-state index in [-0.39, 0.29) is 11.3 Å². The van der Waals surface area contributed by atoms with Crippen molar-refractivity contribution in [1.29, 1.82) is 0 Å². The average molecular weight is 343 g/mol. The van der Waals surface area contributed by atoms with Crippen molar-refractivity contribution in [2.45, 2.75) is 0 Å². The molecule has 2 aromatic heterocycles. The number of amides is 1. The van der Waals surface area contributed by atoms with E-state index in [4.69, 9.17) is 0 Å². The molecule has 0 saturated carbocycles. The van der Waals surface area contributed by atoms with Crippen LogP contribution in [0.4, 0.5) is 5.69 Å². The lowest BCUT2D eigenvalue weighted by Gasteiger charge is -2.07. The summed E-state index contributed by atoms with van der Waals surface area (Å²) in [7, 11) is 0. The third kappa shape index (κ3) is 2.93. The summed E-state index contributed by atoms with van der Waals surface area (Å²) in [5.74, 6) is 0.115. The highest BCUT2D eigenvalue weighted by atomic mass is 16.2. The van der Waals surface area contributed by atoms with Crippen molar-refractivity contribution in [2.75, 3.05) is 5.32 Å². The van der Waals surface area contributed by atoms with Crippen LogP contribution in [0.3, 0.4) is 0 Å². The molecule has 1 amide bonds. The van der Waals surface area contributed by atoms with Crippen molar-refractivity contribution >= 4 is 22.4 Å². The Labute approximate surface area is 147 Å². The average Bonchev–Trinajstić information content (AvgIpc) is 2.70. The molecule has 2 aromatic carbocycles. The summed E-state index contributed by atoms with van der Waals surface area (Å²) in [5, 5.41) is 9.81. The zero-order valence-corrected chi connectivity index (χ0v) is 13.5. The van der Waals surface area contributed by atoms with Gasteiger partial charge < -0.3 is 5.32 Å². The Morgan fingerprint density at radius 2 is 1.54 bits per heavy atom. The van der Waals surface area contributed by atoms with E-state index in [0.717, 1.165) is 5.56 Å². The molecule has 0 radical (unpaired) electrons. The van der Waals surface area contributed by atoms with Crippen LogP contribution < -0.4 is 10.9 Å². The van der Waals surface area contributed by atoms with Crippen LogP contribution >= 0.6 is 0 Å². The van der Waals surface area contributed by atoms with E-state index < -0.39 is 5.91 Å². The first-order valence-corrected chi connectivity index (χ1v) is 7.88. The molecule has 2 heterocycles. The lowest BCUT2D eigenvalue weighted by molar-refractivity contribution is 0.102. The van der Waals surface area contributed by atoms with Gasteiger partial charge in [-0.3, -0.25) is 9.59 Å². The molecule has 0 aliphatic rings. The smallest absolute Gasteiger partial charge is 0.276 e. The minimum atomic E-state index is -0.450. The second-order valence-corrected chi connectivity index (χ2v) is 5.56. The first-order valence-electron chi connectivity index (χ1n) is 7.88. The molecule has 0 aliphatic heterocycles. The zero-order valence-electron chi connectivity index (χ0n) is 13.5. The van der Waals surface area contributed by atoms with Gasteiger partial charge in [0.25, 0.3) is 11.5 Å². The minimum absolute atomic E-state index is 0.132. The highest BCUT2D eigenvalue weighted by Gasteiger charge is 2.14. The molecular weight excluding hydrogens is 330 g/mol. The maximum atomic E-state index is 12.5. The summed E-state index contributed by atoms with van der Waals surface area (Å²) in [6.07, 6.45) is 3.06. The number of carbonyl (C=O) groups is 1. The van der Waals surface area contributed by atoms with Crippen LogP contribution in [0, 0.1) is 0 Å². The van der Waals surface area contributed by atoms with Crippen molar-refractivity contribution in [1.82, 2.24) is 20.2 Å². The van der Waals surface area contributed by atoms with E-state index in [1.807, 2.05) is 30.3 Å². The van der Waals surface area contributed by atoms with Gasteiger partial charge in [-0.15, -0.1) is 0 Å². The summed E-state index contributed by atoms with van der Waals surface area (Å²) in [4.78, 5) is 32.9. The Hall–Kier alpha value is -3.87. The summed E-state index contributed by atoms with van der Waals surface area (Å²) >= 11 is 0. The van der Waals surface area contributed by atoms with Crippen molar-refractivity contribution in [3.05, 3.63) is 83.0 Å². The van der Waals surface area contributed by atoms with Gasteiger partial charge in [0.1, 0.15) is 0 Å². The molecule has 0 saturated heterocycles. The molecule has 26 heavy (non-hydrogen) atoms. The number of hydrogen-bond acceptors (Lipinski definition) is 5. The van der Waals surface area contributed by atoms with Gasteiger partial charge in [-0.1, -0.05) is 48.5 Å². The fourth-order valence-corrected chi connectivity index (χ4v) is 2.61. The number of hydrogen-bond donors (Lipinski definition) is 2. The first-order chi connectivity index (χ1) is 12.7. The predicted molar refractivity (Wildman–Crippen MR) is 97.8 cm³/mol. The Balaban J connectivity index is 1.61. The molecule has 0 atom stereocenters. The normalized spacial score (nSPS) is 10.6. The van der Waals surface area contributed by atoms with E-state index in [9.17, 15) is 9.59 Å². The molecule has 0 unspecified atom stereocenters. The second kappa shape index (κ2) is 6.56. The topological polar surface area (TPSA) is 101 Å². The maximum Gasteiger partial charge on any atom is 0.276 e. The van der Waals surface area contributed by atoms with Crippen LogP contribution in [0.1, 0.15) is 10.5 Å². The van der Waals surface area contributed by atoms with E-state index in [1.54, 1.807) is 24.3 Å². The van der Waals surface area contributed by atoms with Gasteiger partial charge in [0.05, 0.1) is 23.5 Å². The number of carbonyl (C=O) groups excluding carboxylic acids is 1. The first kappa shape index (κ1) is 15.6. The molecule has 7 nitrogen and oxygen atoms in total. The second-order valence-electron chi connectivity index (χ2n) is 5.56. The number of anilines is 1. The van der Waals surface area contributed by atoms with Crippen molar-refractivity contribution in [2.24, 2.45) is 0 Å². The zero-order chi connectivity index (χ0) is 17.9. The van der Waals surface area contributed by atoms with Crippen LogP contribution in [0.5, 0.6) is 0 Å². The minimum Gasteiger partial charge on any atom is -0.318 e. The van der Waals surface area contributed by atoms with Crippen LogP contribution in [-0.4, -0.2) is 26.1 Å². The Kier molecular flexibility index (Phi) is 3.95. The fourth-order valence-electron chi connectivity index (χ4n) is 2.61. The van der Waals surface area contributed by atoms with E-state index >= 15 is 0 Å². The molecule has 2 N–H and O–H groups in total. The van der Waals surface area contributed by atoms with Crippen molar-refractivity contribution in [3.8, 4) is 11.4 Å². The number of H-pyrrole nitrogens is 1. The molecule has 0 aliphatic carbocycles. The fraction of sp³-hybridized carbons (Fsp3) is 0. The van der Waals surface area contributed by atoms with Crippen LogP contribution in [-0.2, 0) is 0 Å². The molecule has 7 heteroatoms. The number of rotatable bonds is 3. The molecule has 0 bridgehead atoms. The van der Waals surface area contributed by atoms with Gasteiger partial charge >= 0.3 is 0 Å². The largest absolute Gasteiger partial charge is 0.318 e. The Morgan fingerprint density at radius 3 is 2.27 bits per heavy atom. The van der Waals surface area contributed by atoms with Gasteiger partial charge in [-0.25, -0.2) is 15.1 Å². The molecule has 0 fully saturated rings. The molecule has 126 valence electrons. The number of aromatic amines is 1. The summed E-state index contributed by atoms with van der Waals surface area (Å²) < 4.78 is 0. The monoisotopic (exact) mass is 343 g/mol. The van der Waals surface area contributed by atoms with Gasteiger partial charge in [-0.2, -0.15) is 5.10 Å². The van der Waals surface area contributed by atoms with E-state index in [0.29, 0.717) is 22.3 Å². The van der Waals surface area contributed by atoms with Crippen LogP contribution in [0.25, 0.3) is 22.2 Å². The van der Waals surface area contributed by atoms with Gasteiger partial charge in [0.2, 0.25) is 0 Å². The predicted octanol–water partition coefficient (Wildman–Crippen LogP) is 2.63. The van der Waals surface area contributed by atoms with Crippen LogP contribution in [0.2, 0.25) is 0 Å². The van der Waals surface area contributed by atoms with Crippen molar-refractivity contribution < 1.29 is 4.79 Å². The molecular formula is C19H13N5O2. The third-order valence-corrected chi connectivity index (χ3v) is 3.85. The third-order valence-electron chi connectivity index (χ3n) is 3.85. The number of nitrogens with zero attached hydrogens (tertiary/aromatic N) is 3. The molecule has 0 spiro atoms. The number of fused-ring (bicyclic) bond motifs is 1. The standard InChI is InChI=1S/C19H13N5O2/c25-18-15-9-5-4-8-14(15)16(23-24-18)19(26)22-13-10-20-17(21-11-13)12-6-2-1-3-7-12/h1-11H,(H,22,26)(H,24,25). The summed E-state index contributed by atoms with van der Waals surface area (Å²) in [5.41, 5.74) is 1.12. The Morgan fingerprint density at radius 1 is 0.885 bits per heavy atom. The lowest BCUT2D eigenvalue weighted by Crippen LogP contribution is -2.19. The van der Waals surface area contributed by atoms with E-state index in [1.165, 1.54) is 12.4 Å². The van der Waals surface area contributed by atoms with E-state index in [2.05, 4.69) is 25.5 Å². The Bertz CT molecular complexity index is 1140. The summed E-state index contributed by atoms with van der Waals surface area (Å²) in [6.45, 7) is 0. The molecule has 4 rings (SSSR count). The maximum absolute atomic E-state index is 12.5. The van der Waals surface area contributed by atoms with Gasteiger partial charge in [0, 0.05) is 10.9 Å². The van der Waals surface area contributed by atoms with Crippen LogP contribution in [0.15, 0.2) is 71.8 Å². The highest BCUT2D eigenvalue weighted by Crippen LogP contribution is 2.17. The number of aromatic nitrogens is 4. The number of nitrogens with one attached hydrogen (secondary N) is 2. The molecule has 4 aromatic rings. The quantitative estimate of drug-likeness (QED) is 0.595.